The van der Waals surface area contributed by atoms with E-state index in [2.05, 4.69) is 35.4 Å². The number of nitrogens with zero attached hydrogens (tertiary/aromatic N) is 1. The topological polar surface area (TPSA) is 84.5 Å². The van der Waals surface area contributed by atoms with Crippen LogP contribution in [-0.2, 0) is 0 Å². The number of nitriles is 1. The zero-order valence-electron chi connectivity index (χ0n) is 12.4. The summed E-state index contributed by atoms with van der Waals surface area (Å²) in [7, 11) is 0. The number of hydrogen-bond donors (Lipinski definition) is 3. The third-order valence-corrected chi connectivity index (χ3v) is 3.48. The fraction of sp³-hybridized carbons (Fsp3) is 0.375. The van der Waals surface area contributed by atoms with Gasteiger partial charge in [-0.1, -0.05) is 26.0 Å². The summed E-state index contributed by atoms with van der Waals surface area (Å²) >= 11 is 0. The number of anilines is 1. The van der Waals surface area contributed by atoms with Crippen molar-refractivity contribution >= 4 is 5.69 Å². The minimum Gasteiger partial charge on any atom is -0.385 e. The molecule has 3 N–H and O–H groups in total. The van der Waals surface area contributed by atoms with E-state index in [4.69, 9.17) is 5.26 Å². The molecule has 0 amide bonds. The molecule has 1 aromatic heterocycles. The molecule has 0 aliphatic heterocycles. The monoisotopic (exact) mass is 284 g/mol. The molecule has 1 aromatic carbocycles. The third kappa shape index (κ3) is 4.25. The first kappa shape index (κ1) is 14.9. The average molecular weight is 284 g/mol. The van der Waals surface area contributed by atoms with Crippen molar-refractivity contribution in [2.45, 2.75) is 26.7 Å². The second-order valence-electron chi connectivity index (χ2n) is 5.93. The summed E-state index contributed by atoms with van der Waals surface area (Å²) in [5.74, 6) is 0. The largest absolute Gasteiger partial charge is 0.385 e. The fourth-order valence-corrected chi connectivity index (χ4v) is 2.08. The van der Waals surface area contributed by atoms with Gasteiger partial charge in [-0.05, 0) is 29.5 Å². The van der Waals surface area contributed by atoms with Gasteiger partial charge in [-0.15, -0.1) is 0 Å². The smallest absolute Gasteiger partial charge is 0.264 e. The lowest BCUT2D eigenvalue weighted by Gasteiger charge is -2.24. The molecule has 110 valence electrons. The Kier molecular flexibility index (Phi) is 4.49. The Morgan fingerprint density at radius 2 is 1.95 bits per heavy atom. The van der Waals surface area contributed by atoms with Crippen LogP contribution in [0.15, 0.2) is 35.1 Å². The highest BCUT2D eigenvalue weighted by atomic mass is 16.1. The summed E-state index contributed by atoms with van der Waals surface area (Å²) in [5.41, 5.74) is 2.72. The minimum atomic E-state index is -0.133. The van der Waals surface area contributed by atoms with E-state index >= 15 is 0 Å². The van der Waals surface area contributed by atoms with Gasteiger partial charge in [0.1, 0.15) is 0 Å². The SMILES string of the molecule is CC(C)(CCC#N)CNc1ccc(-c2cc(=O)[nH][nH]2)cc1. The maximum Gasteiger partial charge on any atom is 0.264 e. The Balaban J connectivity index is 1.97. The van der Waals surface area contributed by atoms with Crippen molar-refractivity contribution < 1.29 is 0 Å². The molecule has 1 heterocycles. The normalized spacial score (nSPS) is 11.1. The van der Waals surface area contributed by atoms with E-state index in [1.165, 1.54) is 6.07 Å². The summed E-state index contributed by atoms with van der Waals surface area (Å²) in [6.07, 6.45) is 1.45. The molecule has 0 atom stereocenters. The number of hydrogen-bond acceptors (Lipinski definition) is 3. The van der Waals surface area contributed by atoms with Gasteiger partial charge in [0, 0.05) is 24.7 Å². The molecule has 0 saturated carbocycles. The van der Waals surface area contributed by atoms with Crippen molar-refractivity contribution in [3.8, 4) is 17.3 Å². The lowest BCUT2D eigenvalue weighted by Crippen LogP contribution is -2.22. The second kappa shape index (κ2) is 6.31. The van der Waals surface area contributed by atoms with Crippen LogP contribution in [0.2, 0.25) is 0 Å². The van der Waals surface area contributed by atoms with Gasteiger partial charge in [0.2, 0.25) is 0 Å². The highest BCUT2D eigenvalue weighted by Gasteiger charge is 2.16. The Hall–Kier alpha value is -2.48. The van der Waals surface area contributed by atoms with Crippen LogP contribution in [0.25, 0.3) is 11.3 Å². The van der Waals surface area contributed by atoms with E-state index in [0.717, 1.165) is 29.9 Å². The van der Waals surface area contributed by atoms with E-state index in [9.17, 15) is 4.79 Å². The molecule has 0 fully saturated rings. The molecular weight excluding hydrogens is 264 g/mol. The standard InChI is InChI=1S/C16H20N4O/c1-16(2,8-3-9-17)11-18-13-6-4-12(5-7-13)14-10-15(21)20-19-14/h4-7,10,18H,3,8,11H2,1-2H3,(H2,19,20,21). The van der Waals surface area contributed by atoms with Crippen LogP contribution >= 0.6 is 0 Å². The number of rotatable bonds is 6. The van der Waals surface area contributed by atoms with Crippen molar-refractivity contribution in [3.05, 3.63) is 40.7 Å². The van der Waals surface area contributed by atoms with Crippen molar-refractivity contribution in [2.75, 3.05) is 11.9 Å². The average Bonchev–Trinajstić information content (AvgIpc) is 2.90. The first-order valence-corrected chi connectivity index (χ1v) is 6.99. The van der Waals surface area contributed by atoms with Crippen LogP contribution in [0, 0.1) is 16.7 Å². The summed E-state index contributed by atoms with van der Waals surface area (Å²) < 4.78 is 0. The molecule has 5 nitrogen and oxygen atoms in total. The van der Waals surface area contributed by atoms with Gasteiger partial charge in [0.15, 0.2) is 0 Å². The minimum absolute atomic E-state index is 0.0836. The zero-order chi connectivity index (χ0) is 15.3. The van der Waals surface area contributed by atoms with E-state index in [0.29, 0.717) is 6.42 Å². The van der Waals surface area contributed by atoms with E-state index in [1.54, 1.807) is 0 Å². The van der Waals surface area contributed by atoms with Gasteiger partial charge >= 0.3 is 0 Å². The van der Waals surface area contributed by atoms with Gasteiger partial charge in [0.25, 0.3) is 5.56 Å². The maximum atomic E-state index is 11.1. The van der Waals surface area contributed by atoms with Gasteiger partial charge in [0.05, 0.1) is 11.8 Å². The molecule has 0 aliphatic rings. The quantitative estimate of drug-likeness (QED) is 0.762. The van der Waals surface area contributed by atoms with Gasteiger partial charge < -0.3 is 5.32 Å². The van der Waals surface area contributed by atoms with Crippen LogP contribution in [-0.4, -0.2) is 16.7 Å². The Morgan fingerprint density at radius 1 is 1.24 bits per heavy atom. The zero-order valence-corrected chi connectivity index (χ0v) is 12.4. The van der Waals surface area contributed by atoms with Crippen LogP contribution in [0.1, 0.15) is 26.7 Å². The highest BCUT2D eigenvalue weighted by molar-refractivity contribution is 5.62. The number of aromatic nitrogens is 2. The van der Waals surface area contributed by atoms with Gasteiger partial charge in [-0.2, -0.15) is 5.26 Å². The Bertz CT molecular complexity index is 673. The molecule has 2 rings (SSSR count). The predicted octanol–water partition coefficient (Wildman–Crippen LogP) is 3.11. The molecular formula is C16H20N4O. The molecule has 0 saturated heterocycles. The molecule has 0 spiro atoms. The Morgan fingerprint density at radius 3 is 2.52 bits per heavy atom. The lowest BCUT2D eigenvalue weighted by atomic mass is 9.88. The summed E-state index contributed by atoms with van der Waals surface area (Å²) in [6.45, 7) is 5.11. The summed E-state index contributed by atoms with van der Waals surface area (Å²) in [5, 5.41) is 17.4. The first-order valence-electron chi connectivity index (χ1n) is 6.99. The molecule has 0 bridgehead atoms. The van der Waals surface area contributed by atoms with Crippen molar-refractivity contribution in [1.29, 1.82) is 5.26 Å². The van der Waals surface area contributed by atoms with Crippen molar-refractivity contribution in [2.24, 2.45) is 5.41 Å². The molecule has 0 radical (unpaired) electrons. The van der Waals surface area contributed by atoms with Crippen LogP contribution in [0.3, 0.4) is 0 Å². The first-order chi connectivity index (χ1) is 10.00. The van der Waals surface area contributed by atoms with Crippen LogP contribution in [0.4, 0.5) is 5.69 Å². The molecule has 21 heavy (non-hydrogen) atoms. The van der Waals surface area contributed by atoms with Crippen LogP contribution < -0.4 is 10.9 Å². The number of H-pyrrole nitrogens is 2. The molecule has 0 unspecified atom stereocenters. The fourth-order valence-electron chi connectivity index (χ4n) is 2.08. The maximum absolute atomic E-state index is 11.1. The van der Waals surface area contributed by atoms with Crippen molar-refractivity contribution in [1.82, 2.24) is 10.2 Å². The Labute approximate surface area is 124 Å². The van der Waals surface area contributed by atoms with E-state index in [1.807, 2.05) is 24.3 Å². The van der Waals surface area contributed by atoms with E-state index < -0.39 is 0 Å². The van der Waals surface area contributed by atoms with Crippen LogP contribution in [0.5, 0.6) is 0 Å². The number of nitrogens with one attached hydrogen (secondary N) is 3. The summed E-state index contributed by atoms with van der Waals surface area (Å²) in [6, 6.07) is 11.6. The number of benzene rings is 1. The molecule has 2 aromatic rings. The molecule has 5 heteroatoms. The molecule has 0 aliphatic carbocycles. The highest BCUT2D eigenvalue weighted by Crippen LogP contribution is 2.24. The second-order valence-corrected chi connectivity index (χ2v) is 5.93. The predicted molar refractivity (Wildman–Crippen MR) is 84.0 cm³/mol. The van der Waals surface area contributed by atoms with Gasteiger partial charge in [-0.25, -0.2) is 0 Å². The lowest BCUT2D eigenvalue weighted by molar-refractivity contribution is 0.364. The van der Waals surface area contributed by atoms with Gasteiger partial charge in [-0.3, -0.25) is 15.0 Å². The van der Waals surface area contributed by atoms with Crippen molar-refractivity contribution in [3.63, 3.8) is 0 Å². The van der Waals surface area contributed by atoms with E-state index in [-0.39, 0.29) is 11.0 Å². The number of aromatic amines is 2. The third-order valence-electron chi connectivity index (χ3n) is 3.48. The summed E-state index contributed by atoms with van der Waals surface area (Å²) in [4.78, 5) is 11.1.